The quantitative estimate of drug-likeness (QED) is 0.132. The number of allylic oxidation sites excluding steroid dienone is 7. The lowest BCUT2D eigenvalue weighted by molar-refractivity contribution is 0.456. The Labute approximate surface area is 229 Å². The summed E-state index contributed by atoms with van der Waals surface area (Å²) < 4.78 is 0. The van der Waals surface area contributed by atoms with Gasteiger partial charge in [-0.25, -0.2) is 0 Å². The monoisotopic (exact) mass is 506 g/mol. The van der Waals surface area contributed by atoms with Crippen LogP contribution in [0, 0.1) is 13.8 Å². The standard InChI is InChI=1S/C17H19N.C15H17N3.C2H6/c1-3-15(2)18(17-12-8-5-9-13-17)14-16-10-6-4-7-11-16;1-10-5-3-4-6-13(10)14-9-12(15(16)18-17)8-7-11(14)2;1-2/h4,6,8,10,12-13H,2-3,7,11,14H2,1H3;3-9H,17H2,1-2H3,(H2,16,18);1-2H3. The van der Waals surface area contributed by atoms with Crippen LogP contribution in [0.3, 0.4) is 0 Å². The van der Waals surface area contributed by atoms with Crippen molar-refractivity contribution in [3.8, 4) is 11.1 Å². The second kappa shape index (κ2) is 15.8. The third-order valence-electron chi connectivity index (χ3n) is 6.31. The lowest BCUT2D eigenvalue weighted by atomic mass is 9.95. The van der Waals surface area contributed by atoms with Gasteiger partial charge in [-0.3, -0.25) is 0 Å². The van der Waals surface area contributed by atoms with E-state index in [2.05, 4.69) is 85.3 Å². The average Bonchev–Trinajstić information content (AvgIpc) is 2.98. The number of nitrogens with zero attached hydrogens (tertiary/aromatic N) is 2. The van der Waals surface area contributed by atoms with Crippen LogP contribution in [-0.2, 0) is 0 Å². The van der Waals surface area contributed by atoms with Gasteiger partial charge in [0.2, 0.25) is 0 Å². The van der Waals surface area contributed by atoms with Crippen molar-refractivity contribution >= 4 is 5.84 Å². The van der Waals surface area contributed by atoms with Crippen molar-refractivity contribution in [2.45, 2.75) is 53.9 Å². The molecule has 0 saturated heterocycles. The van der Waals surface area contributed by atoms with E-state index < -0.39 is 0 Å². The van der Waals surface area contributed by atoms with E-state index in [9.17, 15) is 0 Å². The van der Waals surface area contributed by atoms with Gasteiger partial charge in [0.25, 0.3) is 0 Å². The predicted molar refractivity (Wildman–Crippen MR) is 164 cm³/mol. The molecule has 0 fully saturated rings. The van der Waals surface area contributed by atoms with E-state index in [1.54, 1.807) is 0 Å². The van der Waals surface area contributed by atoms with Gasteiger partial charge in [0.15, 0.2) is 0 Å². The summed E-state index contributed by atoms with van der Waals surface area (Å²) >= 11 is 0. The summed E-state index contributed by atoms with van der Waals surface area (Å²) in [5.41, 5.74) is 21.1. The highest BCUT2D eigenvalue weighted by atomic mass is 15.2. The molecule has 4 nitrogen and oxygen atoms in total. The highest BCUT2D eigenvalue weighted by Gasteiger charge is 2.13. The number of nitrogens with two attached hydrogens (primary N) is 2. The maximum absolute atomic E-state index is 5.75. The van der Waals surface area contributed by atoms with E-state index in [0.717, 1.165) is 48.3 Å². The molecule has 0 spiro atoms. The van der Waals surface area contributed by atoms with Crippen LogP contribution in [-0.4, -0.2) is 17.3 Å². The van der Waals surface area contributed by atoms with Crippen molar-refractivity contribution in [1.29, 1.82) is 0 Å². The van der Waals surface area contributed by atoms with Gasteiger partial charge < -0.3 is 16.5 Å². The first-order chi connectivity index (χ1) is 18.4. The van der Waals surface area contributed by atoms with Crippen LogP contribution in [0.25, 0.3) is 11.1 Å². The number of hydrogen-bond acceptors (Lipinski definition) is 3. The van der Waals surface area contributed by atoms with E-state index in [0.29, 0.717) is 5.84 Å². The van der Waals surface area contributed by atoms with Crippen LogP contribution in [0.4, 0.5) is 0 Å². The first kappa shape index (κ1) is 30.0. The third-order valence-corrected chi connectivity index (χ3v) is 6.31. The molecule has 0 radical (unpaired) electrons. The summed E-state index contributed by atoms with van der Waals surface area (Å²) in [4.78, 5) is 2.27. The van der Waals surface area contributed by atoms with E-state index in [1.807, 2.05) is 56.3 Å². The second-order valence-corrected chi connectivity index (χ2v) is 8.85. The molecule has 198 valence electrons. The number of hydrazone groups is 1. The van der Waals surface area contributed by atoms with Gasteiger partial charge in [-0.1, -0.05) is 99.0 Å². The second-order valence-electron chi connectivity index (χ2n) is 8.85. The van der Waals surface area contributed by atoms with Gasteiger partial charge >= 0.3 is 0 Å². The zero-order valence-corrected chi connectivity index (χ0v) is 23.6. The Morgan fingerprint density at radius 1 is 1.03 bits per heavy atom. The van der Waals surface area contributed by atoms with Crippen molar-refractivity contribution in [3.63, 3.8) is 0 Å². The predicted octanol–water partition coefficient (Wildman–Crippen LogP) is 7.83. The molecule has 0 unspecified atom stereocenters. The first-order valence-corrected chi connectivity index (χ1v) is 13.3. The molecule has 0 bridgehead atoms. The highest BCUT2D eigenvalue weighted by Crippen LogP contribution is 2.27. The molecule has 0 atom stereocenters. The summed E-state index contributed by atoms with van der Waals surface area (Å²) in [6, 6.07) is 14.3. The fourth-order valence-electron chi connectivity index (χ4n) is 4.09. The fraction of sp³-hybridized carbons (Fsp3) is 0.265. The number of aryl methyl sites for hydroxylation is 2. The van der Waals surface area contributed by atoms with Gasteiger partial charge in [-0.2, -0.15) is 5.10 Å². The minimum Gasteiger partial charge on any atom is -0.382 e. The molecule has 4 heteroatoms. The zero-order chi connectivity index (χ0) is 27.9. The van der Waals surface area contributed by atoms with Gasteiger partial charge in [-0.15, -0.1) is 0 Å². The summed E-state index contributed by atoms with van der Waals surface area (Å²) in [7, 11) is 0. The number of benzene rings is 2. The molecular weight excluding hydrogens is 464 g/mol. The van der Waals surface area contributed by atoms with E-state index in [4.69, 9.17) is 11.6 Å². The Morgan fingerprint density at radius 3 is 2.37 bits per heavy atom. The molecule has 2 aliphatic rings. The van der Waals surface area contributed by atoms with Gasteiger partial charge in [-0.05, 0) is 73.6 Å². The summed E-state index contributed by atoms with van der Waals surface area (Å²) in [6.45, 7) is 15.4. The Hall–Kier alpha value is -4.23. The molecule has 2 aromatic rings. The third kappa shape index (κ3) is 8.42. The lowest BCUT2D eigenvalue weighted by Gasteiger charge is -2.28. The van der Waals surface area contributed by atoms with Gasteiger partial charge in [0.1, 0.15) is 5.84 Å². The van der Waals surface area contributed by atoms with Gasteiger partial charge in [0, 0.05) is 23.9 Å². The summed E-state index contributed by atoms with van der Waals surface area (Å²) in [6.07, 6.45) is 15.8. The first-order valence-electron chi connectivity index (χ1n) is 13.3. The normalized spacial score (nSPS) is 13.4. The Morgan fingerprint density at radius 2 is 1.76 bits per heavy atom. The van der Waals surface area contributed by atoms with E-state index in [1.165, 1.54) is 22.3 Å². The molecule has 38 heavy (non-hydrogen) atoms. The fourth-order valence-corrected chi connectivity index (χ4v) is 4.09. The lowest BCUT2D eigenvalue weighted by Crippen LogP contribution is -2.24. The van der Waals surface area contributed by atoms with Crippen molar-refractivity contribution in [2.24, 2.45) is 16.7 Å². The molecule has 0 saturated carbocycles. The number of amidine groups is 1. The molecule has 0 aromatic heterocycles. The van der Waals surface area contributed by atoms with Crippen LogP contribution in [0.15, 0.2) is 119 Å². The molecule has 0 amide bonds. The van der Waals surface area contributed by atoms with Crippen molar-refractivity contribution in [1.82, 2.24) is 4.90 Å². The van der Waals surface area contributed by atoms with Crippen LogP contribution < -0.4 is 11.6 Å². The maximum Gasteiger partial charge on any atom is 0.150 e. The number of rotatable bonds is 7. The molecular formula is C34H42N4. The smallest absolute Gasteiger partial charge is 0.150 e. The summed E-state index contributed by atoms with van der Waals surface area (Å²) in [5, 5.41) is 3.54. The Balaban J connectivity index is 0.000000251. The Kier molecular flexibility index (Phi) is 12.5. The number of hydrogen-bond donors (Lipinski definition) is 2. The molecule has 0 aliphatic heterocycles. The van der Waals surface area contributed by atoms with Crippen LogP contribution in [0.5, 0.6) is 0 Å². The minimum atomic E-state index is 0.352. The van der Waals surface area contributed by atoms with Crippen LogP contribution >= 0.6 is 0 Å². The van der Waals surface area contributed by atoms with Crippen molar-refractivity contribution in [3.05, 3.63) is 131 Å². The topological polar surface area (TPSA) is 67.6 Å². The van der Waals surface area contributed by atoms with Gasteiger partial charge in [0.05, 0.1) is 5.70 Å². The maximum atomic E-state index is 5.75. The van der Waals surface area contributed by atoms with E-state index in [-0.39, 0.29) is 0 Å². The van der Waals surface area contributed by atoms with Crippen molar-refractivity contribution < 1.29 is 0 Å². The molecule has 2 aliphatic carbocycles. The minimum absolute atomic E-state index is 0.352. The van der Waals surface area contributed by atoms with E-state index >= 15 is 0 Å². The largest absolute Gasteiger partial charge is 0.382 e. The van der Waals surface area contributed by atoms with Crippen molar-refractivity contribution in [2.75, 3.05) is 6.54 Å². The Bertz CT molecular complexity index is 1320. The zero-order valence-electron chi connectivity index (χ0n) is 23.6. The molecule has 2 aromatic carbocycles. The molecule has 4 rings (SSSR count). The summed E-state index contributed by atoms with van der Waals surface area (Å²) in [5.74, 6) is 5.58. The highest BCUT2D eigenvalue weighted by molar-refractivity contribution is 5.98. The van der Waals surface area contributed by atoms with Crippen LogP contribution in [0.2, 0.25) is 0 Å². The SMILES string of the molecule is C=C(CC)N(CC1=CC=CCC1)C1=CC=C=C=C1.CC.Cc1ccccc1-c1cc(/C(N)=N/N)ccc1C. The molecule has 0 heterocycles. The van der Waals surface area contributed by atoms with Crippen LogP contribution in [0.1, 0.15) is 56.7 Å². The molecule has 4 N–H and O–H groups in total. The average molecular weight is 507 g/mol.